The van der Waals surface area contributed by atoms with E-state index >= 15 is 0 Å². The first kappa shape index (κ1) is 6.74. The molecule has 0 aromatic carbocycles. The van der Waals surface area contributed by atoms with Gasteiger partial charge in [0.1, 0.15) is 5.82 Å². The third kappa shape index (κ3) is 0.986. The van der Waals surface area contributed by atoms with Crippen LogP contribution < -0.4 is 0 Å². The Labute approximate surface area is 60.8 Å². The van der Waals surface area contributed by atoms with Crippen LogP contribution in [-0.4, -0.2) is 9.55 Å². The van der Waals surface area contributed by atoms with E-state index in [1.165, 1.54) is 4.57 Å². The molecular formula is C5H6BrFN2. The lowest BCUT2D eigenvalue weighted by Crippen LogP contribution is -1.93. The van der Waals surface area contributed by atoms with E-state index in [0.29, 0.717) is 5.82 Å². The van der Waals surface area contributed by atoms with Gasteiger partial charge in [0.15, 0.2) is 4.60 Å². The van der Waals surface area contributed by atoms with Gasteiger partial charge in [0.05, 0.1) is 0 Å². The van der Waals surface area contributed by atoms with Crippen molar-refractivity contribution in [2.45, 2.75) is 6.92 Å². The van der Waals surface area contributed by atoms with Crippen LogP contribution in [0.25, 0.3) is 0 Å². The Balaban J connectivity index is 3.29. The van der Waals surface area contributed by atoms with Crippen LogP contribution in [0.3, 0.4) is 0 Å². The summed E-state index contributed by atoms with van der Waals surface area (Å²) in [7, 11) is 1.63. The van der Waals surface area contributed by atoms with E-state index in [1.807, 2.05) is 0 Å². The second-order valence-corrected chi connectivity index (χ2v) is 2.55. The Morgan fingerprint density at radius 1 is 1.67 bits per heavy atom. The topological polar surface area (TPSA) is 17.8 Å². The largest absolute Gasteiger partial charge is 0.307 e. The normalized spacial score (nSPS) is 10.2. The summed E-state index contributed by atoms with van der Waals surface area (Å²) in [5.41, 5.74) is 0. The molecule has 0 aliphatic carbocycles. The Morgan fingerprint density at radius 2 is 2.22 bits per heavy atom. The summed E-state index contributed by atoms with van der Waals surface area (Å²) in [5.74, 6) is 0.340. The minimum atomic E-state index is -0.326. The quantitative estimate of drug-likeness (QED) is 0.612. The highest BCUT2D eigenvalue weighted by atomic mass is 79.9. The molecule has 0 aliphatic heterocycles. The molecule has 0 aliphatic rings. The number of hydrogen-bond acceptors (Lipinski definition) is 1. The highest BCUT2D eigenvalue weighted by molar-refractivity contribution is 9.10. The summed E-state index contributed by atoms with van der Waals surface area (Å²) in [5, 5.41) is 0. The predicted molar refractivity (Wildman–Crippen MR) is 35.6 cm³/mol. The van der Waals surface area contributed by atoms with Crippen molar-refractivity contribution in [2.75, 3.05) is 0 Å². The Bertz CT molecular complexity index is 209. The molecule has 50 valence electrons. The predicted octanol–water partition coefficient (Wildman–Crippen LogP) is 1.63. The Hall–Kier alpha value is -0.380. The lowest BCUT2D eigenvalue weighted by molar-refractivity contribution is 0.525. The highest BCUT2D eigenvalue weighted by Gasteiger charge is 2.06. The van der Waals surface area contributed by atoms with E-state index in [0.717, 1.165) is 0 Å². The van der Waals surface area contributed by atoms with Crippen LogP contribution in [0.15, 0.2) is 4.60 Å². The van der Waals surface area contributed by atoms with Gasteiger partial charge < -0.3 is 4.57 Å². The Morgan fingerprint density at radius 3 is 2.33 bits per heavy atom. The summed E-state index contributed by atoms with van der Waals surface area (Å²) in [6.45, 7) is 1.74. The van der Waals surface area contributed by atoms with Crippen molar-refractivity contribution in [2.24, 2.45) is 7.05 Å². The fraction of sp³-hybridized carbons (Fsp3) is 0.400. The average molecular weight is 193 g/mol. The van der Waals surface area contributed by atoms with Crippen molar-refractivity contribution in [3.05, 3.63) is 16.4 Å². The smallest absolute Gasteiger partial charge is 0.227 e. The van der Waals surface area contributed by atoms with Crippen LogP contribution in [0.2, 0.25) is 0 Å². The van der Waals surface area contributed by atoms with Gasteiger partial charge in [0.2, 0.25) is 5.95 Å². The van der Waals surface area contributed by atoms with Crippen molar-refractivity contribution < 1.29 is 4.39 Å². The number of hydrogen-bond donors (Lipinski definition) is 0. The van der Waals surface area contributed by atoms with Crippen LogP contribution in [-0.2, 0) is 7.05 Å². The molecule has 1 rings (SSSR count). The van der Waals surface area contributed by atoms with Gasteiger partial charge in [-0.1, -0.05) is 0 Å². The zero-order valence-electron chi connectivity index (χ0n) is 5.15. The molecule has 9 heavy (non-hydrogen) atoms. The SMILES string of the molecule is Cc1nc(Br)c(F)n1C. The van der Waals surface area contributed by atoms with Crippen molar-refractivity contribution >= 4 is 15.9 Å². The van der Waals surface area contributed by atoms with Gasteiger partial charge in [-0.3, -0.25) is 0 Å². The molecule has 0 bridgehead atoms. The van der Waals surface area contributed by atoms with E-state index in [2.05, 4.69) is 20.9 Å². The lowest BCUT2D eigenvalue weighted by atomic mass is 10.7. The van der Waals surface area contributed by atoms with Gasteiger partial charge in [-0.15, -0.1) is 0 Å². The summed E-state index contributed by atoms with van der Waals surface area (Å²) in [6.07, 6.45) is 0. The van der Waals surface area contributed by atoms with Gasteiger partial charge >= 0.3 is 0 Å². The number of rotatable bonds is 0. The molecule has 0 saturated heterocycles. The molecule has 1 heterocycles. The lowest BCUT2D eigenvalue weighted by Gasteiger charge is -1.90. The van der Waals surface area contributed by atoms with E-state index in [4.69, 9.17) is 0 Å². The molecule has 0 unspecified atom stereocenters. The fourth-order valence-electron chi connectivity index (χ4n) is 0.544. The third-order valence-corrected chi connectivity index (χ3v) is 1.71. The van der Waals surface area contributed by atoms with Gasteiger partial charge in [0.25, 0.3) is 0 Å². The van der Waals surface area contributed by atoms with E-state index < -0.39 is 0 Å². The molecule has 0 amide bonds. The van der Waals surface area contributed by atoms with Crippen LogP contribution in [0, 0.1) is 12.9 Å². The monoisotopic (exact) mass is 192 g/mol. The third-order valence-electron chi connectivity index (χ3n) is 1.21. The van der Waals surface area contributed by atoms with Gasteiger partial charge in [-0.25, -0.2) is 4.98 Å². The first-order chi connectivity index (χ1) is 4.13. The summed E-state index contributed by atoms with van der Waals surface area (Å²) >= 11 is 2.96. The maximum absolute atomic E-state index is 12.6. The average Bonchev–Trinajstić information content (AvgIpc) is 1.98. The summed E-state index contributed by atoms with van der Waals surface area (Å²) < 4.78 is 14.3. The van der Waals surface area contributed by atoms with Crippen LogP contribution >= 0.6 is 15.9 Å². The Kier molecular flexibility index (Phi) is 1.57. The molecule has 1 aromatic heterocycles. The highest BCUT2D eigenvalue weighted by Crippen LogP contribution is 2.13. The van der Waals surface area contributed by atoms with Gasteiger partial charge in [0, 0.05) is 7.05 Å². The van der Waals surface area contributed by atoms with Crippen molar-refractivity contribution in [1.82, 2.24) is 9.55 Å². The van der Waals surface area contributed by atoms with Gasteiger partial charge in [-0.2, -0.15) is 4.39 Å². The number of halogens is 2. The van der Waals surface area contributed by atoms with Crippen LogP contribution in [0.5, 0.6) is 0 Å². The fourth-order valence-corrected chi connectivity index (χ4v) is 1.07. The second kappa shape index (κ2) is 2.10. The molecule has 0 fully saturated rings. The van der Waals surface area contributed by atoms with Crippen LogP contribution in [0.1, 0.15) is 5.82 Å². The molecule has 4 heteroatoms. The molecule has 0 spiro atoms. The maximum atomic E-state index is 12.6. The first-order valence-corrected chi connectivity index (χ1v) is 3.26. The molecule has 2 nitrogen and oxygen atoms in total. The van der Waals surface area contributed by atoms with Gasteiger partial charge in [-0.05, 0) is 22.9 Å². The molecule has 1 aromatic rings. The standard InChI is InChI=1S/C5H6BrFN2/c1-3-8-4(6)5(7)9(3)2/h1-2H3. The minimum Gasteiger partial charge on any atom is -0.307 e. The number of imidazole rings is 1. The molecule has 0 saturated carbocycles. The van der Waals surface area contributed by atoms with Crippen molar-refractivity contribution in [1.29, 1.82) is 0 Å². The van der Waals surface area contributed by atoms with Crippen molar-refractivity contribution in [3.63, 3.8) is 0 Å². The van der Waals surface area contributed by atoms with Crippen LogP contribution in [0.4, 0.5) is 4.39 Å². The van der Waals surface area contributed by atoms with E-state index in [1.54, 1.807) is 14.0 Å². The van der Waals surface area contributed by atoms with E-state index in [9.17, 15) is 4.39 Å². The number of aromatic nitrogens is 2. The number of aryl methyl sites for hydroxylation is 1. The minimum absolute atomic E-state index is 0.280. The first-order valence-electron chi connectivity index (χ1n) is 2.47. The zero-order valence-corrected chi connectivity index (χ0v) is 6.74. The molecule has 0 N–H and O–H groups in total. The molecular weight excluding hydrogens is 187 g/mol. The second-order valence-electron chi connectivity index (χ2n) is 1.80. The molecule has 0 radical (unpaired) electrons. The molecule has 0 atom stereocenters. The summed E-state index contributed by atoms with van der Waals surface area (Å²) in [4.78, 5) is 3.81. The van der Waals surface area contributed by atoms with E-state index in [-0.39, 0.29) is 10.6 Å². The van der Waals surface area contributed by atoms with Crippen molar-refractivity contribution in [3.8, 4) is 0 Å². The summed E-state index contributed by atoms with van der Waals surface area (Å²) in [6, 6.07) is 0. The maximum Gasteiger partial charge on any atom is 0.227 e. The number of nitrogens with zero attached hydrogens (tertiary/aromatic N) is 2. The zero-order chi connectivity index (χ0) is 7.02.